The lowest BCUT2D eigenvalue weighted by molar-refractivity contribution is 0.742. The Morgan fingerprint density at radius 1 is 0.828 bits per heavy atom. The fraction of sp³-hybridized carbons (Fsp3) is 0.154. The molecule has 2 heterocycles. The first-order chi connectivity index (χ1) is 14.3. The highest BCUT2D eigenvalue weighted by molar-refractivity contribution is 5.96. The molecular formula is C26H22N2O. The average Bonchev–Trinajstić information content (AvgIpc) is 2.80. The molecule has 29 heavy (non-hydrogen) atoms. The number of hydrogen-bond acceptors (Lipinski definition) is 2. The highest BCUT2D eigenvalue weighted by Crippen LogP contribution is 2.35. The van der Waals surface area contributed by atoms with Crippen LogP contribution < -0.4 is 5.56 Å². The summed E-state index contributed by atoms with van der Waals surface area (Å²) in [7, 11) is 0. The fourth-order valence-electron chi connectivity index (χ4n) is 4.16. The van der Waals surface area contributed by atoms with Gasteiger partial charge in [0.25, 0.3) is 5.56 Å². The van der Waals surface area contributed by atoms with Crippen LogP contribution in [-0.4, -0.2) is 9.97 Å². The summed E-state index contributed by atoms with van der Waals surface area (Å²) >= 11 is 0. The molecule has 2 aromatic heterocycles. The van der Waals surface area contributed by atoms with Crippen LogP contribution in [0.5, 0.6) is 0 Å². The van der Waals surface area contributed by atoms with Crippen molar-refractivity contribution in [3.8, 4) is 22.4 Å². The summed E-state index contributed by atoms with van der Waals surface area (Å²) in [5, 5.41) is 0.646. The van der Waals surface area contributed by atoms with Gasteiger partial charge in [-0.15, -0.1) is 0 Å². The molecule has 3 nitrogen and oxygen atoms in total. The first-order valence-electron chi connectivity index (χ1n) is 10.2. The highest BCUT2D eigenvalue weighted by atomic mass is 16.1. The van der Waals surface area contributed by atoms with Gasteiger partial charge in [0, 0.05) is 22.9 Å². The van der Waals surface area contributed by atoms with Crippen LogP contribution in [0.15, 0.2) is 83.8 Å². The van der Waals surface area contributed by atoms with E-state index in [1.54, 1.807) is 0 Å². The Bertz CT molecular complexity index is 1250. The number of allylic oxidation sites excluding steroid dienone is 2. The van der Waals surface area contributed by atoms with Crippen molar-refractivity contribution in [1.82, 2.24) is 9.97 Å². The molecule has 0 unspecified atom stereocenters. The van der Waals surface area contributed by atoms with Gasteiger partial charge in [-0.05, 0) is 42.9 Å². The zero-order valence-corrected chi connectivity index (χ0v) is 16.2. The minimum absolute atomic E-state index is 0.0931. The number of rotatable bonds is 3. The van der Waals surface area contributed by atoms with Gasteiger partial charge in [-0.1, -0.05) is 66.7 Å². The maximum Gasteiger partial charge on any atom is 0.257 e. The lowest BCUT2D eigenvalue weighted by atomic mass is 9.92. The summed E-state index contributed by atoms with van der Waals surface area (Å²) in [4.78, 5) is 20.8. The molecule has 0 bridgehead atoms. The van der Waals surface area contributed by atoms with Gasteiger partial charge in [-0.3, -0.25) is 4.79 Å². The van der Waals surface area contributed by atoms with E-state index in [9.17, 15) is 4.79 Å². The molecule has 142 valence electrons. The lowest BCUT2D eigenvalue weighted by Gasteiger charge is -2.16. The third kappa shape index (κ3) is 3.29. The van der Waals surface area contributed by atoms with E-state index in [1.807, 2.05) is 48.7 Å². The Hall–Kier alpha value is -3.46. The smallest absolute Gasteiger partial charge is 0.257 e. The predicted molar refractivity (Wildman–Crippen MR) is 120 cm³/mol. The van der Waals surface area contributed by atoms with Crippen molar-refractivity contribution >= 4 is 16.5 Å². The molecule has 0 aliphatic heterocycles. The van der Waals surface area contributed by atoms with Crippen molar-refractivity contribution in [3.05, 3.63) is 94.9 Å². The molecular weight excluding hydrogens is 356 g/mol. The zero-order valence-electron chi connectivity index (χ0n) is 16.2. The van der Waals surface area contributed by atoms with Crippen molar-refractivity contribution in [2.45, 2.75) is 25.7 Å². The van der Waals surface area contributed by atoms with Crippen LogP contribution in [0.1, 0.15) is 31.2 Å². The van der Waals surface area contributed by atoms with Crippen molar-refractivity contribution in [2.75, 3.05) is 0 Å². The second kappa shape index (κ2) is 7.51. The number of aromatic nitrogens is 2. The van der Waals surface area contributed by atoms with Gasteiger partial charge in [0.2, 0.25) is 0 Å². The molecule has 1 aliphatic rings. The number of nitrogens with one attached hydrogen (secondary N) is 1. The molecule has 0 spiro atoms. The third-order valence-electron chi connectivity index (χ3n) is 5.64. The molecule has 4 aromatic rings. The maximum absolute atomic E-state index is 12.7. The first-order valence-corrected chi connectivity index (χ1v) is 10.2. The molecule has 0 fully saturated rings. The molecule has 0 saturated carbocycles. The maximum atomic E-state index is 12.7. The van der Waals surface area contributed by atoms with Crippen LogP contribution in [0.4, 0.5) is 0 Å². The summed E-state index contributed by atoms with van der Waals surface area (Å²) in [6, 6.07) is 22.4. The van der Waals surface area contributed by atoms with E-state index in [1.165, 1.54) is 18.4 Å². The Morgan fingerprint density at radius 2 is 1.55 bits per heavy atom. The molecule has 2 aromatic carbocycles. The Labute approximate surface area is 169 Å². The van der Waals surface area contributed by atoms with Crippen molar-refractivity contribution in [1.29, 1.82) is 0 Å². The lowest BCUT2D eigenvalue weighted by Crippen LogP contribution is -2.10. The number of fused-ring (bicyclic) bond motifs is 1. The van der Waals surface area contributed by atoms with E-state index in [0.29, 0.717) is 5.39 Å². The molecule has 0 amide bonds. The van der Waals surface area contributed by atoms with Crippen molar-refractivity contribution < 1.29 is 0 Å². The highest BCUT2D eigenvalue weighted by Gasteiger charge is 2.17. The molecule has 0 saturated heterocycles. The number of pyridine rings is 2. The van der Waals surface area contributed by atoms with Gasteiger partial charge in [-0.2, -0.15) is 0 Å². The zero-order chi connectivity index (χ0) is 19.6. The molecule has 0 radical (unpaired) electrons. The van der Waals surface area contributed by atoms with Crippen molar-refractivity contribution in [3.63, 3.8) is 0 Å². The number of nitrogens with zero attached hydrogens (tertiary/aromatic N) is 1. The standard InChI is InChI=1S/C26H22N2O/c29-26-22-16-21(18-10-4-1-5-11-18)24(20-14-8-3-9-15-20)28-25(22)23(17-27-26)19-12-6-2-7-13-19/h1,3-5,8-12,14-17H,2,6-7,13H2,(H,27,29). The quantitative estimate of drug-likeness (QED) is 0.460. The molecule has 3 heteroatoms. The van der Waals surface area contributed by atoms with Crippen LogP contribution in [0, 0.1) is 0 Å². The van der Waals surface area contributed by atoms with Gasteiger partial charge in [0.05, 0.1) is 16.6 Å². The summed E-state index contributed by atoms with van der Waals surface area (Å²) in [5.41, 5.74) is 7.04. The third-order valence-corrected chi connectivity index (χ3v) is 5.64. The van der Waals surface area contributed by atoms with Gasteiger partial charge in [0.1, 0.15) is 0 Å². The first kappa shape index (κ1) is 17.6. The van der Waals surface area contributed by atoms with E-state index >= 15 is 0 Å². The molecule has 1 aliphatic carbocycles. The molecule has 0 atom stereocenters. The largest absolute Gasteiger partial charge is 0.328 e. The van der Waals surface area contributed by atoms with Crippen LogP contribution in [-0.2, 0) is 0 Å². The Balaban J connectivity index is 1.84. The number of hydrogen-bond donors (Lipinski definition) is 1. The minimum atomic E-state index is -0.0931. The summed E-state index contributed by atoms with van der Waals surface area (Å²) < 4.78 is 0. The van der Waals surface area contributed by atoms with E-state index in [4.69, 9.17) is 4.98 Å². The number of aromatic amines is 1. The Kier molecular flexibility index (Phi) is 4.57. The summed E-state index contributed by atoms with van der Waals surface area (Å²) in [5.74, 6) is 0. The van der Waals surface area contributed by atoms with Gasteiger partial charge in [-0.25, -0.2) is 4.98 Å². The van der Waals surface area contributed by atoms with Crippen LogP contribution in [0.25, 0.3) is 38.9 Å². The topological polar surface area (TPSA) is 45.8 Å². The fourth-order valence-corrected chi connectivity index (χ4v) is 4.16. The second-order valence-electron chi connectivity index (χ2n) is 7.52. The number of benzene rings is 2. The summed E-state index contributed by atoms with van der Waals surface area (Å²) in [6.45, 7) is 0. The minimum Gasteiger partial charge on any atom is -0.328 e. The van der Waals surface area contributed by atoms with E-state index in [-0.39, 0.29) is 5.56 Å². The van der Waals surface area contributed by atoms with E-state index in [2.05, 4.69) is 35.3 Å². The monoisotopic (exact) mass is 378 g/mol. The Morgan fingerprint density at radius 3 is 2.24 bits per heavy atom. The molecule has 5 rings (SSSR count). The molecule has 1 N–H and O–H groups in total. The SMILES string of the molecule is O=c1[nH]cc(C2=CCCCC2)c2nc(-c3ccccc3)c(-c3ccccc3)cc12. The van der Waals surface area contributed by atoms with E-state index in [0.717, 1.165) is 46.3 Å². The summed E-state index contributed by atoms with van der Waals surface area (Å²) in [6.07, 6.45) is 8.66. The van der Waals surface area contributed by atoms with Gasteiger partial charge in [0.15, 0.2) is 0 Å². The normalized spacial score (nSPS) is 14.0. The van der Waals surface area contributed by atoms with Crippen LogP contribution in [0.2, 0.25) is 0 Å². The predicted octanol–water partition coefficient (Wildman–Crippen LogP) is 6.21. The average molecular weight is 378 g/mol. The van der Waals surface area contributed by atoms with Gasteiger partial charge >= 0.3 is 0 Å². The van der Waals surface area contributed by atoms with Crippen LogP contribution >= 0.6 is 0 Å². The van der Waals surface area contributed by atoms with Crippen molar-refractivity contribution in [2.24, 2.45) is 0 Å². The number of H-pyrrole nitrogens is 1. The van der Waals surface area contributed by atoms with Crippen LogP contribution in [0.3, 0.4) is 0 Å². The second-order valence-corrected chi connectivity index (χ2v) is 7.52. The van der Waals surface area contributed by atoms with Gasteiger partial charge < -0.3 is 4.98 Å². The van der Waals surface area contributed by atoms with E-state index < -0.39 is 0 Å².